The maximum absolute atomic E-state index is 10.4. The number of aryl methyl sites for hydroxylation is 1. The molecule has 1 fully saturated rings. The lowest BCUT2D eigenvalue weighted by Crippen LogP contribution is -2.33. The molecule has 0 aliphatic heterocycles. The van der Waals surface area contributed by atoms with Crippen LogP contribution in [0.15, 0.2) is 12.4 Å². The second kappa shape index (κ2) is 5.06. The van der Waals surface area contributed by atoms with Gasteiger partial charge in [-0.15, -0.1) is 11.3 Å². The van der Waals surface area contributed by atoms with Crippen LogP contribution in [0.2, 0.25) is 0 Å². The molecule has 0 spiro atoms. The van der Waals surface area contributed by atoms with Crippen molar-refractivity contribution in [2.45, 2.75) is 44.6 Å². The molecule has 0 bridgehead atoms. The molecule has 1 saturated carbocycles. The molecule has 4 nitrogen and oxygen atoms in total. The van der Waals surface area contributed by atoms with Crippen LogP contribution in [0.1, 0.15) is 37.5 Å². The van der Waals surface area contributed by atoms with Gasteiger partial charge in [-0.2, -0.15) is 0 Å². The maximum Gasteiger partial charge on any atom is 0.138 e. The summed E-state index contributed by atoms with van der Waals surface area (Å²) in [6.45, 7) is 2.73. The van der Waals surface area contributed by atoms with Crippen molar-refractivity contribution in [3.05, 3.63) is 17.3 Å². The highest BCUT2D eigenvalue weighted by Crippen LogP contribution is 2.32. The van der Waals surface area contributed by atoms with Gasteiger partial charge >= 0.3 is 0 Å². The molecule has 0 amide bonds. The molecular formula is C14H19N3OS. The number of anilines is 1. The predicted molar refractivity (Wildman–Crippen MR) is 78.7 cm³/mol. The van der Waals surface area contributed by atoms with Crippen molar-refractivity contribution in [2.24, 2.45) is 0 Å². The Labute approximate surface area is 116 Å². The molecule has 3 rings (SSSR count). The molecule has 19 heavy (non-hydrogen) atoms. The largest absolute Gasteiger partial charge is 0.388 e. The van der Waals surface area contributed by atoms with Crippen molar-refractivity contribution >= 4 is 27.4 Å². The summed E-state index contributed by atoms with van der Waals surface area (Å²) < 4.78 is 0. The van der Waals surface area contributed by atoms with E-state index in [-0.39, 0.29) is 0 Å². The zero-order chi connectivity index (χ0) is 13.3. The highest BCUT2D eigenvalue weighted by Gasteiger charge is 2.30. The molecule has 5 heteroatoms. The van der Waals surface area contributed by atoms with E-state index in [1.165, 1.54) is 4.88 Å². The van der Waals surface area contributed by atoms with E-state index in [1.807, 2.05) is 0 Å². The van der Waals surface area contributed by atoms with Gasteiger partial charge < -0.3 is 10.4 Å². The minimum atomic E-state index is -0.555. The van der Waals surface area contributed by atoms with Gasteiger partial charge in [-0.1, -0.05) is 19.8 Å². The van der Waals surface area contributed by atoms with E-state index in [0.29, 0.717) is 6.54 Å². The van der Waals surface area contributed by atoms with Crippen LogP contribution in [0, 0.1) is 0 Å². The van der Waals surface area contributed by atoms with Gasteiger partial charge in [0.1, 0.15) is 17.0 Å². The molecule has 0 unspecified atom stereocenters. The van der Waals surface area contributed by atoms with Crippen molar-refractivity contribution in [3.8, 4) is 0 Å². The second-order valence-electron chi connectivity index (χ2n) is 5.29. The molecule has 2 heterocycles. The number of thiophene rings is 1. The van der Waals surface area contributed by atoms with Gasteiger partial charge in [-0.3, -0.25) is 0 Å². The van der Waals surface area contributed by atoms with Crippen LogP contribution in [0.5, 0.6) is 0 Å². The Morgan fingerprint density at radius 3 is 2.89 bits per heavy atom. The Kier molecular flexibility index (Phi) is 3.41. The third-order valence-electron chi connectivity index (χ3n) is 3.85. The van der Waals surface area contributed by atoms with Crippen molar-refractivity contribution in [1.29, 1.82) is 0 Å². The number of aliphatic hydroxyl groups is 1. The van der Waals surface area contributed by atoms with Gasteiger partial charge in [0, 0.05) is 11.4 Å². The van der Waals surface area contributed by atoms with Crippen LogP contribution in [0.4, 0.5) is 5.82 Å². The van der Waals surface area contributed by atoms with Crippen LogP contribution in [0.25, 0.3) is 10.2 Å². The first-order chi connectivity index (χ1) is 9.20. The van der Waals surface area contributed by atoms with Gasteiger partial charge in [-0.05, 0) is 25.3 Å². The van der Waals surface area contributed by atoms with E-state index >= 15 is 0 Å². The lowest BCUT2D eigenvalue weighted by Gasteiger charge is -2.22. The summed E-state index contributed by atoms with van der Waals surface area (Å²) in [6.07, 6.45) is 6.63. The molecule has 0 atom stereocenters. The molecule has 102 valence electrons. The first-order valence-corrected chi connectivity index (χ1v) is 7.71. The average Bonchev–Trinajstić information content (AvgIpc) is 3.02. The Morgan fingerprint density at radius 1 is 1.37 bits per heavy atom. The predicted octanol–water partition coefficient (Wildman–Crippen LogP) is 2.97. The summed E-state index contributed by atoms with van der Waals surface area (Å²) in [5.74, 6) is 0.848. The Morgan fingerprint density at radius 2 is 2.16 bits per heavy atom. The fourth-order valence-electron chi connectivity index (χ4n) is 2.68. The Hall–Kier alpha value is -1.20. The maximum atomic E-state index is 10.4. The normalized spacial score (nSPS) is 18.0. The molecule has 2 aromatic heterocycles. The second-order valence-corrected chi connectivity index (χ2v) is 6.41. The van der Waals surface area contributed by atoms with Crippen molar-refractivity contribution < 1.29 is 5.11 Å². The summed E-state index contributed by atoms with van der Waals surface area (Å²) in [4.78, 5) is 11.0. The van der Waals surface area contributed by atoms with Crippen molar-refractivity contribution in [2.75, 3.05) is 11.9 Å². The number of fused-ring (bicyclic) bond motifs is 1. The van der Waals surface area contributed by atoms with Gasteiger partial charge in [0.25, 0.3) is 0 Å². The van der Waals surface area contributed by atoms with Crippen molar-refractivity contribution in [3.63, 3.8) is 0 Å². The van der Waals surface area contributed by atoms with Crippen LogP contribution >= 0.6 is 11.3 Å². The topological polar surface area (TPSA) is 58.0 Å². The summed E-state index contributed by atoms with van der Waals surface area (Å²) in [7, 11) is 0. The molecule has 1 aliphatic rings. The zero-order valence-electron chi connectivity index (χ0n) is 11.1. The first-order valence-electron chi connectivity index (χ1n) is 6.90. The van der Waals surface area contributed by atoms with E-state index in [9.17, 15) is 5.11 Å². The van der Waals surface area contributed by atoms with Crippen molar-refractivity contribution in [1.82, 2.24) is 9.97 Å². The molecule has 0 saturated heterocycles. The highest BCUT2D eigenvalue weighted by atomic mass is 32.1. The minimum absolute atomic E-state index is 0.555. The van der Waals surface area contributed by atoms with E-state index in [2.05, 4.69) is 28.3 Å². The fourth-order valence-corrected chi connectivity index (χ4v) is 3.61. The van der Waals surface area contributed by atoms with Crippen LogP contribution in [-0.2, 0) is 6.42 Å². The summed E-state index contributed by atoms with van der Waals surface area (Å²) in [6, 6.07) is 2.15. The number of hydrogen-bond donors (Lipinski definition) is 2. The highest BCUT2D eigenvalue weighted by molar-refractivity contribution is 7.18. The third-order valence-corrected chi connectivity index (χ3v) is 5.04. The molecule has 0 radical (unpaired) electrons. The lowest BCUT2D eigenvalue weighted by molar-refractivity contribution is 0.0614. The summed E-state index contributed by atoms with van der Waals surface area (Å²) >= 11 is 1.72. The van der Waals surface area contributed by atoms with E-state index in [0.717, 1.165) is 48.1 Å². The fraction of sp³-hybridized carbons (Fsp3) is 0.571. The Balaban J connectivity index is 1.82. The molecule has 2 aromatic rings. The molecule has 2 N–H and O–H groups in total. The standard InChI is InChI=1S/C14H19N3OS/c1-2-10-7-11-12(16-9-17-13(11)19-10)15-8-14(18)5-3-4-6-14/h7,9,18H,2-6,8H2,1H3,(H,15,16,17). The van der Waals surface area contributed by atoms with E-state index < -0.39 is 5.60 Å². The quantitative estimate of drug-likeness (QED) is 0.902. The number of aromatic nitrogens is 2. The van der Waals surface area contributed by atoms with Crippen LogP contribution in [-0.4, -0.2) is 27.2 Å². The monoisotopic (exact) mass is 277 g/mol. The first kappa shape index (κ1) is 12.8. The Bertz CT molecular complexity index is 575. The van der Waals surface area contributed by atoms with Crippen LogP contribution < -0.4 is 5.32 Å². The summed E-state index contributed by atoms with van der Waals surface area (Å²) in [5.41, 5.74) is -0.555. The third kappa shape index (κ3) is 2.58. The van der Waals surface area contributed by atoms with Crippen LogP contribution in [0.3, 0.4) is 0 Å². The molecule has 1 aliphatic carbocycles. The smallest absolute Gasteiger partial charge is 0.138 e. The van der Waals surface area contributed by atoms with E-state index in [4.69, 9.17) is 0 Å². The van der Waals surface area contributed by atoms with Gasteiger partial charge in [-0.25, -0.2) is 9.97 Å². The summed E-state index contributed by atoms with van der Waals surface area (Å²) in [5, 5.41) is 14.8. The number of rotatable bonds is 4. The molecule has 0 aromatic carbocycles. The number of hydrogen-bond acceptors (Lipinski definition) is 5. The number of nitrogens with one attached hydrogen (secondary N) is 1. The zero-order valence-corrected chi connectivity index (χ0v) is 12.0. The lowest BCUT2D eigenvalue weighted by atomic mass is 10.0. The van der Waals surface area contributed by atoms with Gasteiger partial charge in [0.15, 0.2) is 0 Å². The van der Waals surface area contributed by atoms with Gasteiger partial charge in [0.2, 0.25) is 0 Å². The average molecular weight is 277 g/mol. The number of nitrogens with zero attached hydrogens (tertiary/aromatic N) is 2. The molecular weight excluding hydrogens is 258 g/mol. The van der Waals surface area contributed by atoms with E-state index in [1.54, 1.807) is 17.7 Å². The minimum Gasteiger partial charge on any atom is -0.388 e. The van der Waals surface area contributed by atoms with Gasteiger partial charge in [0.05, 0.1) is 11.0 Å². The SMILES string of the molecule is CCc1cc2c(NCC3(O)CCCC3)ncnc2s1.